The second kappa shape index (κ2) is 5.10. The number of carbonyl (C=O) groups is 1. The number of aryl methyl sites for hydroxylation is 1. The van der Waals surface area contributed by atoms with Crippen LogP contribution in [0.5, 0.6) is 5.75 Å². The van der Waals surface area contributed by atoms with Gasteiger partial charge in [0.15, 0.2) is 5.69 Å². The molecule has 0 unspecified atom stereocenters. The van der Waals surface area contributed by atoms with E-state index in [-0.39, 0.29) is 12.3 Å². The number of ether oxygens (including phenoxy) is 1. The summed E-state index contributed by atoms with van der Waals surface area (Å²) in [6.07, 6.45) is 0. The zero-order valence-electron chi connectivity index (χ0n) is 9.61. The summed E-state index contributed by atoms with van der Waals surface area (Å²) in [5, 5.41) is 15.6. The van der Waals surface area contributed by atoms with Crippen molar-refractivity contribution in [3.05, 3.63) is 46.2 Å². The number of nitrogens with one attached hydrogen (secondary N) is 1. The fraction of sp³-hybridized carbons (Fsp3) is 0.167. The Labute approximate surface area is 108 Å². The molecule has 2 N–H and O–H groups in total. The van der Waals surface area contributed by atoms with E-state index in [9.17, 15) is 4.79 Å². The summed E-state index contributed by atoms with van der Waals surface area (Å²) < 4.78 is 5.50. The fourth-order valence-electron chi connectivity index (χ4n) is 1.41. The van der Waals surface area contributed by atoms with Crippen LogP contribution in [0.25, 0.3) is 0 Å². The zero-order valence-corrected chi connectivity index (χ0v) is 10.4. The second-order valence-electron chi connectivity index (χ2n) is 3.78. The van der Waals surface area contributed by atoms with Crippen LogP contribution in [-0.2, 0) is 6.61 Å². The van der Waals surface area contributed by atoms with Crippen LogP contribution in [0, 0.1) is 6.92 Å². The summed E-state index contributed by atoms with van der Waals surface area (Å²) in [5.41, 5.74) is 1.49. The first-order valence-electron chi connectivity index (χ1n) is 5.23. The van der Waals surface area contributed by atoms with Gasteiger partial charge in [-0.1, -0.05) is 11.6 Å². The maximum Gasteiger partial charge on any atom is 0.356 e. The number of H-pyrrole nitrogens is 1. The summed E-state index contributed by atoms with van der Waals surface area (Å²) in [6.45, 7) is 2.11. The molecule has 1 heterocycles. The summed E-state index contributed by atoms with van der Waals surface area (Å²) in [7, 11) is 0. The highest BCUT2D eigenvalue weighted by molar-refractivity contribution is 6.31. The quantitative estimate of drug-likeness (QED) is 0.892. The molecule has 0 aliphatic carbocycles. The van der Waals surface area contributed by atoms with Crippen LogP contribution in [0.4, 0.5) is 0 Å². The maximum atomic E-state index is 10.6. The van der Waals surface area contributed by atoms with Crippen LogP contribution in [0.15, 0.2) is 24.3 Å². The number of rotatable bonds is 4. The van der Waals surface area contributed by atoms with E-state index in [0.29, 0.717) is 16.5 Å². The van der Waals surface area contributed by atoms with Crippen molar-refractivity contribution in [2.45, 2.75) is 13.5 Å². The normalized spacial score (nSPS) is 10.3. The lowest BCUT2D eigenvalue weighted by molar-refractivity contribution is 0.0690. The van der Waals surface area contributed by atoms with Crippen molar-refractivity contribution in [2.24, 2.45) is 0 Å². The van der Waals surface area contributed by atoms with E-state index in [1.165, 1.54) is 6.07 Å². The lowest BCUT2D eigenvalue weighted by Crippen LogP contribution is -1.96. The van der Waals surface area contributed by atoms with E-state index < -0.39 is 5.97 Å². The van der Waals surface area contributed by atoms with Gasteiger partial charge in [-0.05, 0) is 36.8 Å². The first-order chi connectivity index (χ1) is 8.56. The van der Waals surface area contributed by atoms with Crippen LogP contribution >= 0.6 is 11.6 Å². The number of hydrogen-bond donors (Lipinski definition) is 2. The number of aromatic carboxylic acids is 1. The third-order valence-electron chi connectivity index (χ3n) is 2.37. The average molecular weight is 267 g/mol. The van der Waals surface area contributed by atoms with Gasteiger partial charge >= 0.3 is 5.97 Å². The monoisotopic (exact) mass is 266 g/mol. The van der Waals surface area contributed by atoms with E-state index in [1.54, 1.807) is 12.1 Å². The smallest absolute Gasteiger partial charge is 0.356 e. The van der Waals surface area contributed by atoms with Gasteiger partial charge in [0.1, 0.15) is 12.4 Å². The van der Waals surface area contributed by atoms with Crippen molar-refractivity contribution in [3.8, 4) is 5.75 Å². The Bertz CT molecular complexity index is 580. The number of carboxylic acids is 1. The summed E-state index contributed by atoms with van der Waals surface area (Å²) in [4.78, 5) is 10.6. The van der Waals surface area contributed by atoms with Crippen molar-refractivity contribution >= 4 is 17.6 Å². The highest BCUT2D eigenvalue weighted by Crippen LogP contribution is 2.21. The van der Waals surface area contributed by atoms with Gasteiger partial charge in [0.05, 0.1) is 5.69 Å². The highest BCUT2D eigenvalue weighted by Gasteiger charge is 2.08. The van der Waals surface area contributed by atoms with Gasteiger partial charge in [0, 0.05) is 5.02 Å². The molecule has 0 aliphatic heterocycles. The van der Waals surface area contributed by atoms with Gasteiger partial charge in [0.2, 0.25) is 0 Å². The molecule has 2 rings (SSSR count). The summed E-state index contributed by atoms with van der Waals surface area (Å²) in [5.74, 6) is -0.400. The molecule has 1 aromatic heterocycles. The van der Waals surface area contributed by atoms with Crippen LogP contribution in [0.1, 0.15) is 21.7 Å². The molecule has 94 valence electrons. The van der Waals surface area contributed by atoms with Crippen molar-refractivity contribution in [3.63, 3.8) is 0 Å². The van der Waals surface area contributed by atoms with Crippen molar-refractivity contribution in [1.82, 2.24) is 10.2 Å². The first kappa shape index (κ1) is 12.4. The maximum absolute atomic E-state index is 10.6. The first-order valence-corrected chi connectivity index (χ1v) is 5.60. The molecule has 0 atom stereocenters. The number of aromatic amines is 1. The lowest BCUT2D eigenvalue weighted by Gasteiger charge is -2.06. The Hall–Kier alpha value is -2.01. The number of benzene rings is 1. The molecular weight excluding hydrogens is 256 g/mol. The molecule has 1 aromatic carbocycles. The van der Waals surface area contributed by atoms with Gasteiger partial charge in [0.25, 0.3) is 0 Å². The van der Waals surface area contributed by atoms with Gasteiger partial charge in [-0.2, -0.15) is 5.10 Å². The van der Waals surface area contributed by atoms with Crippen LogP contribution < -0.4 is 4.74 Å². The molecular formula is C12H11ClN2O3. The number of halogens is 1. The molecule has 0 spiro atoms. The predicted molar refractivity (Wildman–Crippen MR) is 66.1 cm³/mol. The molecule has 6 heteroatoms. The molecule has 0 amide bonds. The van der Waals surface area contributed by atoms with Gasteiger partial charge in [-0.3, -0.25) is 5.10 Å². The largest absolute Gasteiger partial charge is 0.487 e. The third kappa shape index (κ3) is 2.81. The molecule has 0 fully saturated rings. The molecule has 0 saturated heterocycles. The fourth-order valence-corrected chi connectivity index (χ4v) is 1.53. The lowest BCUT2D eigenvalue weighted by atomic mass is 10.2. The van der Waals surface area contributed by atoms with E-state index >= 15 is 0 Å². The van der Waals surface area contributed by atoms with Crippen LogP contribution in [-0.4, -0.2) is 21.3 Å². The van der Waals surface area contributed by atoms with Gasteiger partial charge in [-0.25, -0.2) is 4.79 Å². The SMILES string of the molecule is Cc1cc(OCc2cc(C(=O)O)n[nH]2)ccc1Cl. The van der Waals surface area contributed by atoms with E-state index in [2.05, 4.69) is 10.2 Å². The van der Waals surface area contributed by atoms with Gasteiger partial charge in [-0.15, -0.1) is 0 Å². The molecule has 0 bridgehead atoms. The van der Waals surface area contributed by atoms with Crippen molar-refractivity contribution < 1.29 is 14.6 Å². The van der Waals surface area contributed by atoms with Crippen LogP contribution in [0.3, 0.4) is 0 Å². The average Bonchev–Trinajstić information content (AvgIpc) is 2.79. The Balaban J connectivity index is 2.02. The van der Waals surface area contributed by atoms with Crippen LogP contribution in [0.2, 0.25) is 5.02 Å². The number of carboxylic acid groups (broad SMARTS) is 1. The molecule has 0 saturated carbocycles. The van der Waals surface area contributed by atoms with Crippen molar-refractivity contribution in [2.75, 3.05) is 0 Å². The Morgan fingerprint density at radius 1 is 1.50 bits per heavy atom. The van der Waals surface area contributed by atoms with Gasteiger partial charge < -0.3 is 9.84 Å². The number of nitrogens with zero attached hydrogens (tertiary/aromatic N) is 1. The Morgan fingerprint density at radius 3 is 2.89 bits per heavy atom. The highest BCUT2D eigenvalue weighted by atomic mass is 35.5. The summed E-state index contributed by atoms with van der Waals surface area (Å²) in [6, 6.07) is 6.76. The molecule has 2 aromatic rings. The Kier molecular flexibility index (Phi) is 3.53. The van der Waals surface area contributed by atoms with E-state index in [1.807, 2.05) is 13.0 Å². The minimum absolute atomic E-state index is 0.0270. The zero-order chi connectivity index (χ0) is 13.1. The number of hydrogen-bond acceptors (Lipinski definition) is 3. The van der Waals surface area contributed by atoms with E-state index in [0.717, 1.165) is 5.56 Å². The Morgan fingerprint density at radius 2 is 2.28 bits per heavy atom. The number of aromatic nitrogens is 2. The minimum Gasteiger partial charge on any atom is -0.487 e. The summed E-state index contributed by atoms with van der Waals surface area (Å²) >= 11 is 5.90. The second-order valence-corrected chi connectivity index (χ2v) is 4.19. The molecule has 5 nitrogen and oxygen atoms in total. The molecule has 0 aliphatic rings. The topological polar surface area (TPSA) is 75.2 Å². The minimum atomic E-state index is -1.07. The third-order valence-corrected chi connectivity index (χ3v) is 2.80. The standard InChI is InChI=1S/C12H11ClN2O3/c1-7-4-9(2-3-10(7)13)18-6-8-5-11(12(16)17)15-14-8/h2-5H,6H2,1H3,(H,14,15)(H,16,17). The van der Waals surface area contributed by atoms with E-state index in [4.69, 9.17) is 21.4 Å². The molecule has 0 radical (unpaired) electrons. The van der Waals surface area contributed by atoms with Crippen molar-refractivity contribution in [1.29, 1.82) is 0 Å². The molecule has 18 heavy (non-hydrogen) atoms. The predicted octanol–water partition coefficient (Wildman–Crippen LogP) is 2.65.